The zero-order chi connectivity index (χ0) is 28.8. The largest absolute Gasteiger partial charge is 0.454 e. The number of carbonyl (C=O) groups excluding carboxylic acids is 4. The van der Waals surface area contributed by atoms with Crippen LogP contribution in [0.2, 0.25) is 0 Å². The summed E-state index contributed by atoms with van der Waals surface area (Å²) in [6, 6.07) is 24.2. The fourth-order valence-corrected chi connectivity index (χ4v) is 7.10. The van der Waals surface area contributed by atoms with Gasteiger partial charge in [-0.1, -0.05) is 92.7 Å². The van der Waals surface area contributed by atoms with Crippen molar-refractivity contribution in [3.63, 3.8) is 0 Å². The highest BCUT2D eigenvalue weighted by Gasteiger charge is 2.63. The molecule has 1 heterocycles. The molecule has 7 rings (SSSR count). The minimum absolute atomic E-state index is 0.00817. The fraction of sp³-hybridized carbons (Fsp3) is 0.353. The van der Waals surface area contributed by atoms with Crippen molar-refractivity contribution in [2.45, 2.75) is 51.1 Å². The Labute approximate surface area is 239 Å². The molecule has 0 spiro atoms. The second-order valence-electron chi connectivity index (χ2n) is 11.8. The van der Waals surface area contributed by atoms with Crippen LogP contribution in [-0.4, -0.2) is 41.2 Å². The van der Waals surface area contributed by atoms with E-state index in [2.05, 4.69) is 29.6 Å². The highest BCUT2D eigenvalue weighted by Crippen LogP contribution is 2.61. The number of nitrogens with one attached hydrogen (secondary N) is 1. The molecule has 0 radical (unpaired) electrons. The topological polar surface area (TPSA) is 92.8 Å². The van der Waals surface area contributed by atoms with E-state index in [9.17, 15) is 19.2 Å². The lowest BCUT2D eigenvalue weighted by molar-refractivity contribution is -0.161. The summed E-state index contributed by atoms with van der Waals surface area (Å²) in [5, 5.41) is 2.84. The number of esters is 1. The highest BCUT2D eigenvalue weighted by molar-refractivity contribution is 6.10. The van der Waals surface area contributed by atoms with Crippen LogP contribution in [0.3, 0.4) is 0 Å². The van der Waals surface area contributed by atoms with Crippen molar-refractivity contribution >= 4 is 23.7 Å². The molecule has 3 aromatic carbocycles. The first-order valence-electron chi connectivity index (χ1n) is 14.3. The molecule has 0 unspecified atom stereocenters. The van der Waals surface area contributed by atoms with E-state index in [-0.39, 0.29) is 42.0 Å². The molecule has 0 aromatic heterocycles. The predicted molar refractivity (Wildman–Crippen MR) is 153 cm³/mol. The Morgan fingerprint density at radius 2 is 1.22 bits per heavy atom. The summed E-state index contributed by atoms with van der Waals surface area (Å²) in [5.74, 6) is -3.48. The number of rotatable bonds is 8. The molecule has 4 aliphatic rings. The maximum absolute atomic E-state index is 14.1. The molecule has 210 valence electrons. The van der Waals surface area contributed by atoms with Gasteiger partial charge in [-0.2, -0.15) is 0 Å². The number of benzene rings is 3. The number of nitrogens with zero attached hydrogens (tertiary/aromatic N) is 1. The van der Waals surface area contributed by atoms with Gasteiger partial charge in [-0.05, 0) is 47.1 Å². The van der Waals surface area contributed by atoms with E-state index in [0.717, 1.165) is 27.8 Å². The molecule has 2 bridgehead atoms. The smallest absolute Gasteiger partial charge is 0.329 e. The second-order valence-corrected chi connectivity index (χ2v) is 11.8. The van der Waals surface area contributed by atoms with Gasteiger partial charge in [0.05, 0.1) is 17.9 Å². The Morgan fingerprint density at radius 1 is 0.756 bits per heavy atom. The van der Waals surface area contributed by atoms with Crippen molar-refractivity contribution in [1.29, 1.82) is 0 Å². The summed E-state index contributed by atoms with van der Waals surface area (Å²) >= 11 is 0. The first-order chi connectivity index (χ1) is 19.8. The van der Waals surface area contributed by atoms with Gasteiger partial charge in [0.1, 0.15) is 6.04 Å². The van der Waals surface area contributed by atoms with E-state index >= 15 is 0 Å². The quantitative estimate of drug-likeness (QED) is 0.324. The van der Waals surface area contributed by atoms with E-state index in [1.54, 1.807) is 0 Å². The normalized spacial score (nSPS) is 23.5. The number of amides is 3. The van der Waals surface area contributed by atoms with Crippen LogP contribution in [0.15, 0.2) is 78.9 Å². The van der Waals surface area contributed by atoms with E-state index in [1.165, 1.54) is 4.90 Å². The Bertz CT molecular complexity index is 1400. The zero-order valence-electron chi connectivity index (χ0n) is 23.4. The van der Waals surface area contributed by atoms with Crippen molar-refractivity contribution in [2.75, 3.05) is 6.61 Å². The van der Waals surface area contributed by atoms with Crippen LogP contribution in [0.25, 0.3) is 0 Å². The molecule has 7 nitrogen and oxygen atoms in total. The molecule has 0 saturated carbocycles. The van der Waals surface area contributed by atoms with Crippen LogP contribution in [0.4, 0.5) is 0 Å². The van der Waals surface area contributed by atoms with Crippen LogP contribution in [0.5, 0.6) is 0 Å². The molecule has 3 amide bonds. The van der Waals surface area contributed by atoms with Crippen molar-refractivity contribution < 1.29 is 23.9 Å². The minimum atomic E-state index is -1.09. The maximum Gasteiger partial charge on any atom is 0.329 e. The first-order valence-corrected chi connectivity index (χ1v) is 14.3. The number of hydrogen-bond donors (Lipinski definition) is 1. The van der Waals surface area contributed by atoms with E-state index < -0.39 is 36.4 Å². The van der Waals surface area contributed by atoms with Gasteiger partial charge in [0.25, 0.3) is 5.91 Å². The van der Waals surface area contributed by atoms with Gasteiger partial charge in [0.2, 0.25) is 11.8 Å². The summed E-state index contributed by atoms with van der Waals surface area (Å²) in [6.07, 6.45) is 0.257. The zero-order valence-corrected chi connectivity index (χ0v) is 23.4. The van der Waals surface area contributed by atoms with Crippen molar-refractivity contribution in [2.24, 2.45) is 17.8 Å². The molecule has 1 aliphatic heterocycles. The summed E-state index contributed by atoms with van der Waals surface area (Å²) in [5.41, 5.74) is 5.23. The third kappa shape index (κ3) is 4.53. The van der Waals surface area contributed by atoms with Crippen LogP contribution >= 0.6 is 0 Å². The van der Waals surface area contributed by atoms with Gasteiger partial charge in [-0.3, -0.25) is 19.3 Å². The highest BCUT2D eigenvalue weighted by atomic mass is 16.5. The third-order valence-electron chi connectivity index (χ3n) is 8.78. The summed E-state index contributed by atoms with van der Waals surface area (Å²) in [6.45, 7) is 5.23. The van der Waals surface area contributed by atoms with E-state index in [4.69, 9.17) is 4.74 Å². The fourth-order valence-electron chi connectivity index (χ4n) is 7.10. The van der Waals surface area contributed by atoms with Gasteiger partial charge in [0.15, 0.2) is 6.61 Å². The van der Waals surface area contributed by atoms with Gasteiger partial charge in [-0.25, -0.2) is 4.79 Å². The molecular weight excluding hydrogens is 516 g/mol. The summed E-state index contributed by atoms with van der Waals surface area (Å²) in [4.78, 5) is 55.6. The first kappa shape index (κ1) is 26.9. The van der Waals surface area contributed by atoms with E-state index in [0.29, 0.717) is 0 Å². The van der Waals surface area contributed by atoms with E-state index in [1.807, 2.05) is 75.4 Å². The Kier molecular flexibility index (Phi) is 6.98. The van der Waals surface area contributed by atoms with Crippen LogP contribution in [0, 0.1) is 17.8 Å². The van der Waals surface area contributed by atoms with Crippen LogP contribution < -0.4 is 5.32 Å². The SMILES string of the molecule is CC(C)C[C@H](C(=O)OCC(=O)N[C@H](C)c1ccccc1)N1C(=O)[C@H]2C3c4ccccc4C(c4ccccc43)[C@@H]2C1=O. The molecule has 3 aliphatic carbocycles. The number of ether oxygens (including phenoxy) is 1. The average Bonchev–Trinajstić information content (AvgIpc) is 3.24. The number of hydrogen-bond acceptors (Lipinski definition) is 5. The molecule has 1 saturated heterocycles. The monoisotopic (exact) mass is 550 g/mol. The Morgan fingerprint density at radius 3 is 1.68 bits per heavy atom. The molecule has 3 aromatic rings. The number of likely N-dealkylation sites (tertiary alicyclic amines) is 1. The van der Waals surface area contributed by atoms with Crippen LogP contribution in [0.1, 0.15) is 72.9 Å². The molecule has 1 N–H and O–H groups in total. The summed E-state index contributed by atoms with van der Waals surface area (Å²) in [7, 11) is 0. The molecule has 41 heavy (non-hydrogen) atoms. The average molecular weight is 551 g/mol. The van der Waals surface area contributed by atoms with Crippen molar-refractivity contribution in [1.82, 2.24) is 10.2 Å². The third-order valence-corrected chi connectivity index (χ3v) is 8.78. The molecule has 7 heteroatoms. The predicted octanol–water partition coefficient (Wildman–Crippen LogP) is 4.71. The lowest BCUT2D eigenvalue weighted by atomic mass is 9.55. The lowest BCUT2D eigenvalue weighted by Crippen LogP contribution is -2.47. The van der Waals surface area contributed by atoms with Gasteiger partial charge < -0.3 is 10.1 Å². The Balaban J connectivity index is 1.25. The number of imide groups is 1. The maximum atomic E-state index is 14.1. The minimum Gasteiger partial charge on any atom is -0.454 e. The molecule has 1 fully saturated rings. The lowest BCUT2D eigenvalue weighted by Gasteiger charge is -2.45. The summed E-state index contributed by atoms with van der Waals surface area (Å²) < 4.78 is 5.46. The number of carbonyl (C=O) groups is 4. The van der Waals surface area contributed by atoms with Crippen molar-refractivity contribution in [3.8, 4) is 0 Å². The van der Waals surface area contributed by atoms with Gasteiger partial charge >= 0.3 is 5.97 Å². The van der Waals surface area contributed by atoms with Gasteiger partial charge in [0, 0.05) is 11.8 Å². The van der Waals surface area contributed by atoms with Crippen molar-refractivity contribution in [3.05, 3.63) is 107 Å². The standard InChI is InChI=1S/C34H34N2O5/c1-19(2)17-26(34(40)41-18-27(37)35-20(3)21-11-5-4-6-12-21)36-32(38)30-28-22-13-7-8-14-23(22)29(31(30)33(36)39)25-16-10-9-15-24(25)28/h4-16,19-20,26,28-31H,17-18H2,1-3H3,(H,35,37)/t20-,26-,28?,29?,30+,31+/m1/s1. The molecular formula is C34H34N2O5. The second kappa shape index (κ2) is 10.6. The van der Waals surface area contributed by atoms with Gasteiger partial charge in [-0.15, -0.1) is 0 Å². The van der Waals surface area contributed by atoms with Crippen LogP contribution in [-0.2, 0) is 23.9 Å². The molecule has 4 atom stereocenters. The Hall–Kier alpha value is -4.26.